The van der Waals surface area contributed by atoms with E-state index in [9.17, 15) is 13.2 Å². The number of carbonyl (C=O) groups excluding carboxylic acids is 1. The van der Waals surface area contributed by atoms with Gasteiger partial charge in [0.25, 0.3) is 10.0 Å². The molecule has 26 heavy (non-hydrogen) atoms. The third kappa shape index (κ3) is 3.45. The monoisotopic (exact) mass is 398 g/mol. The van der Waals surface area contributed by atoms with E-state index in [4.69, 9.17) is 5.73 Å². The van der Waals surface area contributed by atoms with Gasteiger partial charge in [0.15, 0.2) is 5.84 Å². The van der Waals surface area contributed by atoms with E-state index < -0.39 is 16.1 Å². The number of hydrogen-bond acceptors (Lipinski definition) is 5. The molecular formula is C17H23ClN4O3S. The highest BCUT2D eigenvalue weighted by molar-refractivity contribution is 7.90. The number of rotatable bonds is 4. The molecule has 0 bridgehead atoms. The molecule has 7 nitrogen and oxygen atoms in total. The standard InChI is InChI=1S/C17H22N4O3S.ClH/c18-13(11-7-8-11)10-19-17(22)14-5-3-9-21(14)16-12-4-1-2-6-15(12)25(23,24)20-16;/h1-2,4,6,11,13-14H,3,5,7-10,18H2,(H,19,22);1H. The van der Waals surface area contributed by atoms with Crippen LogP contribution in [0.2, 0.25) is 0 Å². The second-order valence-corrected chi connectivity index (χ2v) is 8.56. The molecule has 0 aromatic heterocycles. The van der Waals surface area contributed by atoms with Gasteiger partial charge in [-0.05, 0) is 43.7 Å². The highest BCUT2D eigenvalue weighted by Gasteiger charge is 2.39. The maximum atomic E-state index is 12.6. The molecule has 2 atom stereocenters. The second-order valence-electron chi connectivity index (χ2n) is 6.98. The van der Waals surface area contributed by atoms with Crippen LogP contribution in [0, 0.1) is 5.92 Å². The molecule has 2 fully saturated rings. The van der Waals surface area contributed by atoms with Crippen LogP contribution in [0.4, 0.5) is 0 Å². The van der Waals surface area contributed by atoms with Crippen molar-refractivity contribution in [3.8, 4) is 0 Å². The van der Waals surface area contributed by atoms with Crippen LogP contribution >= 0.6 is 12.4 Å². The summed E-state index contributed by atoms with van der Waals surface area (Å²) >= 11 is 0. The molecule has 0 radical (unpaired) electrons. The van der Waals surface area contributed by atoms with E-state index >= 15 is 0 Å². The lowest BCUT2D eigenvalue weighted by Gasteiger charge is -2.26. The molecule has 1 aromatic carbocycles. The topological polar surface area (TPSA) is 105 Å². The van der Waals surface area contributed by atoms with Crippen LogP contribution in [0.25, 0.3) is 0 Å². The zero-order valence-corrected chi connectivity index (χ0v) is 15.9. The number of sulfonamides is 1. The number of nitrogens with zero attached hydrogens (tertiary/aromatic N) is 2. The predicted octanol–water partition coefficient (Wildman–Crippen LogP) is 0.875. The van der Waals surface area contributed by atoms with E-state index in [0.29, 0.717) is 36.8 Å². The Morgan fingerprint density at radius 2 is 2.04 bits per heavy atom. The summed E-state index contributed by atoms with van der Waals surface area (Å²) in [4.78, 5) is 14.7. The molecule has 3 aliphatic rings. The third-order valence-corrected chi connectivity index (χ3v) is 6.50. The fourth-order valence-corrected chi connectivity index (χ4v) is 4.83. The second kappa shape index (κ2) is 7.17. The van der Waals surface area contributed by atoms with Gasteiger partial charge >= 0.3 is 0 Å². The number of amides is 1. The van der Waals surface area contributed by atoms with Crippen LogP contribution in [0.1, 0.15) is 31.2 Å². The Balaban J connectivity index is 0.00000196. The number of fused-ring (bicyclic) bond motifs is 1. The van der Waals surface area contributed by atoms with E-state index in [1.807, 2.05) is 4.90 Å². The zero-order chi connectivity index (χ0) is 17.6. The van der Waals surface area contributed by atoms with E-state index in [-0.39, 0.29) is 29.3 Å². The van der Waals surface area contributed by atoms with Crippen LogP contribution in [-0.2, 0) is 14.8 Å². The molecule has 4 rings (SSSR count). The molecule has 3 N–H and O–H groups in total. The van der Waals surface area contributed by atoms with Gasteiger partial charge in [-0.2, -0.15) is 8.42 Å². The smallest absolute Gasteiger partial charge is 0.285 e. The summed E-state index contributed by atoms with van der Waals surface area (Å²) in [5, 5.41) is 2.93. The summed E-state index contributed by atoms with van der Waals surface area (Å²) in [6, 6.07) is 6.38. The average molecular weight is 399 g/mol. The van der Waals surface area contributed by atoms with Gasteiger partial charge in [0.05, 0.1) is 0 Å². The maximum Gasteiger partial charge on any atom is 0.285 e. The summed E-state index contributed by atoms with van der Waals surface area (Å²) in [5.41, 5.74) is 6.63. The minimum absolute atomic E-state index is 0. The van der Waals surface area contributed by atoms with Crippen molar-refractivity contribution >= 4 is 34.2 Å². The van der Waals surface area contributed by atoms with Crippen molar-refractivity contribution in [1.82, 2.24) is 10.2 Å². The van der Waals surface area contributed by atoms with Crippen LogP contribution in [0.15, 0.2) is 33.6 Å². The molecule has 142 valence electrons. The molecular weight excluding hydrogens is 376 g/mol. The van der Waals surface area contributed by atoms with Crippen LogP contribution in [0.5, 0.6) is 0 Å². The van der Waals surface area contributed by atoms with Gasteiger partial charge in [-0.3, -0.25) is 4.79 Å². The van der Waals surface area contributed by atoms with E-state index in [1.54, 1.807) is 24.3 Å². The number of benzene rings is 1. The number of hydrogen-bond donors (Lipinski definition) is 2. The summed E-state index contributed by atoms with van der Waals surface area (Å²) in [7, 11) is -3.68. The predicted molar refractivity (Wildman–Crippen MR) is 101 cm³/mol. The normalized spacial score (nSPS) is 24.4. The highest BCUT2D eigenvalue weighted by Crippen LogP contribution is 2.32. The van der Waals surface area contributed by atoms with Gasteiger partial charge in [0, 0.05) is 24.7 Å². The van der Waals surface area contributed by atoms with Gasteiger partial charge in [0.1, 0.15) is 10.9 Å². The summed E-state index contributed by atoms with van der Waals surface area (Å²) < 4.78 is 28.5. The van der Waals surface area contributed by atoms with Crippen molar-refractivity contribution in [3.05, 3.63) is 29.8 Å². The molecule has 9 heteroatoms. The molecule has 0 spiro atoms. The minimum Gasteiger partial charge on any atom is -0.353 e. The fourth-order valence-electron chi connectivity index (χ4n) is 3.62. The Bertz CT molecular complexity index is 838. The van der Waals surface area contributed by atoms with E-state index in [0.717, 1.165) is 19.3 Å². The Morgan fingerprint density at radius 1 is 1.31 bits per heavy atom. The lowest BCUT2D eigenvalue weighted by atomic mass is 10.1. The van der Waals surface area contributed by atoms with Crippen molar-refractivity contribution < 1.29 is 13.2 Å². The van der Waals surface area contributed by atoms with E-state index in [1.165, 1.54) is 0 Å². The third-order valence-electron chi connectivity index (χ3n) is 5.18. The van der Waals surface area contributed by atoms with Gasteiger partial charge in [-0.25, -0.2) is 0 Å². The molecule has 1 saturated heterocycles. The lowest BCUT2D eigenvalue weighted by molar-refractivity contribution is -0.124. The first kappa shape index (κ1) is 19.1. The molecule has 2 unspecified atom stereocenters. The van der Waals surface area contributed by atoms with Gasteiger partial charge in [-0.15, -0.1) is 16.8 Å². The van der Waals surface area contributed by atoms with Crippen LogP contribution in [-0.4, -0.2) is 50.2 Å². The largest absolute Gasteiger partial charge is 0.353 e. The number of halogens is 1. The highest BCUT2D eigenvalue weighted by atomic mass is 35.5. The Kier molecular flexibility index (Phi) is 5.28. The van der Waals surface area contributed by atoms with Gasteiger partial charge in [0.2, 0.25) is 5.91 Å². The molecule has 1 saturated carbocycles. The number of carbonyl (C=O) groups is 1. The average Bonchev–Trinajstić information content (AvgIpc) is 3.27. The van der Waals surface area contributed by atoms with Crippen molar-refractivity contribution in [3.63, 3.8) is 0 Å². The van der Waals surface area contributed by atoms with Crippen molar-refractivity contribution in [2.24, 2.45) is 16.0 Å². The van der Waals surface area contributed by atoms with Crippen molar-refractivity contribution in [2.75, 3.05) is 13.1 Å². The minimum atomic E-state index is -3.68. The zero-order valence-electron chi connectivity index (χ0n) is 14.3. The van der Waals surface area contributed by atoms with Crippen molar-refractivity contribution in [1.29, 1.82) is 0 Å². The summed E-state index contributed by atoms with van der Waals surface area (Å²) in [6.45, 7) is 1.09. The first-order valence-electron chi connectivity index (χ1n) is 8.72. The summed E-state index contributed by atoms with van der Waals surface area (Å²) in [5.74, 6) is 0.814. The van der Waals surface area contributed by atoms with Crippen molar-refractivity contribution in [2.45, 2.75) is 42.7 Å². The number of nitrogens with two attached hydrogens (primary N) is 1. The first-order chi connectivity index (χ1) is 12.0. The number of amidine groups is 1. The molecule has 2 heterocycles. The Hall–Kier alpha value is -1.64. The molecule has 2 aliphatic heterocycles. The van der Waals surface area contributed by atoms with Crippen LogP contribution in [0.3, 0.4) is 0 Å². The first-order valence-corrected chi connectivity index (χ1v) is 10.2. The maximum absolute atomic E-state index is 12.6. The molecule has 1 aliphatic carbocycles. The Morgan fingerprint density at radius 3 is 2.77 bits per heavy atom. The van der Waals surface area contributed by atoms with E-state index in [2.05, 4.69) is 9.71 Å². The summed E-state index contributed by atoms with van der Waals surface area (Å²) in [6.07, 6.45) is 3.79. The van der Waals surface area contributed by atoms with Crippen LogP contribution < -0.4 is 11.1 Å². The SMILES string of the molecule is Cl.NC(CNC(=O)C1CCCN1C1=NS(=O)(=O)c2ccccc21)C1CC1. The Labute approximate surface area is 159 Å². The quantitative estimate of drug-likeness (QED) is 0.783. The number of likely N-dealkylation sites (tertiary alicyclic amines) is 1. The van der Waals surface area contributed by atoms with Gasteiger partial charge < -0.3 is 16.0 Å². The van der Waals surface area contributed by atoms with Gasteiger partial charge in [-0.1, -0.05) is 12.1 Å². The number of nitrogens with one attached hydrogen (secondary N) is 1. The molecule has 1 aromatic rings. The fraction of sp³-hybridized carbons (Fsp3) is 0.529. The molecule has 1 amide bonds. The lowest BCUT2D eigenvalue weighted by Crippen LogP contribution is -2.48.